The number of rotatable bonds is 6. The van der Waals surface area contributed by atoms with Crippen molar-refractivity contribution >= 4 is 17.2 Å². The van der Waals surface area contributed by atoms with Crippen LogP contribution in [-0.2, 0) is 11.3 Å². The lowest BCUT2D eigenvalue weighted by atomic mass is 10.2. The van der Waals surface area contributed by atoms with E-state index in [4.69, 9.17) is 9.72 Å². The first kappa shape index (κ1) is 19.6. The molecule has 150 valence electrons. The lowest BCUT2D eigenvalue weighted by molar-refractivity contribution is -0.135. The molecule has 29 heavy (non-hydrogen) atoms. The van der Waals surface area contributed by atoms with Crippen LogP contribution in [0.3, 0.4) is 0 Å². The lowest BCUT2D eigenvalue weighted by Crippen LogP contribution is -2.49. The van der Waals surface area contributed by atoms with Gasteiger partial charge in [0.15, 0.2) is 6.61 Å². The fraction of sp³-hybridized carbons (Fsp3) is 0.304. The minimum atomic E-state index is 0.0490. The number of aromatic nitrogens is 1. The standard InChI is InChI=1S/C23H25N3O2S/c1-18-7-5-6-10-21(18)28-16-22(27)26-13-11-25(12-14-26)15-20-17-29-23(24-20)19-8-3-2-4-9-19/h2-10,17H,11-16H2,1H3. The van der Waals surface area contributed by atoms with E-state index in [1.807, 2.05) is 54.3 Å². The number of ether oxygens (including phenoxy) is 1. The first-order chi connectivity index (χ1) is 14.2. The number of aryl methyl sites for hydroxylation is 1. The Labute approximate surface area is 175 Å². The van der Waals surface area contributed by atoms with E-state index in [9.17, 15) is 4.79 Å². The van der Waals surface area contributed by atoms with Crippen LogP contribution in [-0.4, -0.2) is 53.5 Å². The van der Waals surface area contributed by atoms with E-state index in [2.05, 4.69) is 22.4 Å². The minimum Gasteiger partial charge on any atom is -0.484 e. The molecule has 1 saturated heterocycles. The van der Waals surface area contributed by atoms with Crippen LogP contribution in [0.1, 0.15) is 11.3 Å². The summed E-state index contributed by atoms with van der Waals surface area (Å²) in [4.78, 5) is 21.5. The molecule has 3 aromatic rings. The van der Waals surface area contributed by atoms with E-state index >= 15 is 0 Å². The molecule has 1 fully saturated rings. The average molecular weight is 408 g/mol. The molecule has 2 aromatic carbocycles. The number of carbonyl (C=O) groups excluding carboxylic acids is 1. The maximum atomic E-state index is 12.5. The summed E-state index contributed by atoms with van der Waals surface area (Å²) in [5, 5.41) is 3.19. The lowest BCUT2D eigenvalue weighted by Gasteiger charge is -2.34. The van der Waals surface area contributed by atoms with Crippen molar-refractivity contribution in [3.63, 3.8) is 0 Å². The number of hydrogen-bond acceptors (Lipinski definition) is 5. The van der Waals surface area contributed by atoms with Crippen LogP contribution >= 0.6 is 11.3 Å². The van der Waals surface area contributed by atoms with Crippen molar-refractivity contribution < 1.29 is 9.53 Å². The molecule has 0 saturated carbocycles. The Balaban J connectivity index is 1.25. The second kappa shape index (κ2) is 9.20. The number of hydrogen-bond donors (Lipinski definition) is 0. The molecular formula is C23H25N3O2S. The molecule has 0 N–H and O–H groups in total. The Morgan fingerprint density at radius 3 is 2.52 bits per heavy atom. The van der Waals surface area contributed by atoms with Gasteiger partial charge in [0.25, 0.3) is 5.91 Å². The Kier molecular flexibility index (Phi) is 6.22. The molecular weight excluding hydrogens is 382 g/mol. The Morgan fingerprint density at radius 2 is 1.76 bits per heavy atom. The normalized spacial score (nSPS) is 14.7. The molecule has 0 spiro atoms. The molecule has 1 amide bonds. The fourth-order valence-corrected chi connectivity index (χ4v) is 4.24. The number of nitrogens with zero attached hydrogens (tertiary/aromatic N) is 3. The number of amides is 1. The van der Waals surface area contributed by atoms with Crippen LogP contribution in [0.2, 0.25) is 0 Å². The topological polar surface area (TPSA) is 45.7 Å². The molecule has 1 aliphatic heterocycles. The smallest absolute Gasteiger partial charge is 0.260 e. The van der Waals surface area contributed by atoms with Crippen molar-refractivity contribution in [2.75, 3.05) is 32.8 Å². The highest BCUT2D eigenvalue weighted by Crippen LogP contribution is 2.24. The number of thiazole rings is 1. The van der Waals surface area contributed by atoms with Crippen molar-refractivity contribution in [1.29, 1.82) is 0 Å². The first-order valence-electron chi connectivity index (χ1n) is 9.87. The maximum absolute atomic E-state index is 12.5. The van der Waals surface area contributed by atoms with E-state index in [1.165, 1.54) is 0 Å². The summed E-state index contributed by atoms with van der Waals surface area (Å²) in [7, 11) is 0. The molecule has 0 unspecified atom stereocenters. The monoisotopic (exact) mass is 407 g/mol. The third-order valence-electron chi connectivity index (χ3n) is 5.13. The molecule has 0 radical (unpaired) electrons. The summed E-state index contributed by atoms with van der Waals surface area (Å²) in [5.41, 5.74) is 3.30. The highest BCUT2D eigenvalue weighted by atomic mass is 32.1. The maximum Gasteiger partial charge on any atom is 0.260 e. The molecule has 2 heterocycles. The van der Waals surface area contributed by atoms with Gasteiger partial charge in [-0.25, -0.2) is 4.98 Å². The van der Waals surface area contributed by atoms with E-state index < -0.39 is 0 Å². The minimum absolute atomic E-state index is 0.0490. The second-order valence-electron chi connectivity index (χ2n) is 7.22. The van der Waals surface area contributed by atoms with Crippen LogP contribution in [0.5, 0.6) is 5.75 Å². The number of benzene rings is 2. The number of piperazine rings is 1. The van der Waals surface area contributed by atoms with Crippen molar-refractivity contribution in [1.82, 2.24) is 14.8 Å². The van der Waals surface area contributed by atoms with Gasteiger partial charge in [0.1, 0.15) is 10.8 Å². The number of carbonyl (C=O) groups is 1. The van der Waals surface area contributed by atoms with Crippen LogP contribution in [0.4, 0.5) is 0 Å². The van der Waals surface area contributed by atoms with Crippen LogP contribution in [0.15, 0.2) is 60.0 Å². The Bertz CT molecular complexity index is 950. The highest BCUT2D eigenvalue weighted by Gasteiger charge is 2.22. The van der Waals surface area contributed by atoms with Gasteiger partial charge in [0, 0.05) is 43.7 Å². The predicted molar refractivity (Wildman–Crippen MR) is 116 cm³/mol. The summed E-state index contributed by atoms with van der Waals surface area (Å²) < 4.78 is 5.71. The van der Waals surface area contributed by atoms with Gasteiger partial charge >= 0.3 is 0 Å². The average Bonchev–Trinajstić information content (AvgIpc) is 3.23. The second-order valence-corrected chi connectivity index (χ2v) is 8.08. The summed E-state index contributed by atoms with van der Waals surface area (Å²) >= 11 is 1.68. The van der Waals surface area contributed by atoms with Gasteiger partial charge in [-0.1, -0.05) is 48.5 Å². The highest BCUT2D eigenvalue weighted by molar-refractivity contribution is 7.13. The zero-order valence-electron chi connectivity index (χ0n) is 16.6. The summed E-state index contributed by atoms with van der Waals surface area (Å²) in [6, 6.07) is 18.0. The first-order valence-corrected chi connectivity index (χ1v) is 10.8. The largest absolute Gasteiger partial charge is 0.484 e. The fourth-order valence-electron chi connectivity index (χ4n) is 3.43. The van der Waals surface area contributed by atoms with Gasteiger partial charge in [0.2, 0.25) is 0 Å². The molecule has 6 heteroatoms. The molecule has 0 atom stereocenters. The van der Waals surface area contributed by atoms with Gasteiger partial charge in [-0.15, -0.1) is 11.3 Å². The quantitative estimate of drug-likeness (QED) is 0.623. The van der Waals surface area contributed by atoms with Gasteiger partial charge in [-0.05, 0) is 18.6 Å². The molecule has 1 aromatic heterocycles. The Morgan fingerprint density at radius 1 is 1.03 bits per heavy atom. The van der Waals surface area contributed by atoms with E-state index in [-0.39, 0.29) is 12.5 Å². The van der Waals surface area contributed by atoms with Crippen molar-refractivity contribution in [2.45, 2.75) is 13.5 Å². The van der Waals surface area contributed by atoms with Crippen molar-refractivity contribution in [3.8, 4) is 16.3 Å². The molecule has 0 bridgehead atoms. The zero-order valence-corrected chi connectivity index (χ0v) is 17.4. The van der Waals surface area contributed by atoms with Crippen LogP contribution < -0.4 is 4.74 Å². The van der Waals surface area contributed by atoms with Gasteiger partial charge in [-0.3, -0.25) is 9.69 Å². The van der Waals surface area contributed by atoms with Crippen LogP contribution in [0, 0.1) is 6.92 Å². The van der Waals surface area contributed by atoms with E-state index in [1.54, 1.807) is 11.3 Å². The van der Waals surface area contributed by atoms with Gasteiger partial charge < -0.3 is 9.64 Å². The molecule has 5 nitrogen and oxygen atoms in total. The van der Waals surface area contributed by atoms with Crippen LogP contribution in [0.25, 0.3) is 10.6 Å². The van der Waals surface area contributed by atoms with Gasteiger partial charge in [-0.2, -0.15) is 0 Å². The third kappa shape index (κ3) is 5.02. The van der Waals surface area contributed by atoms with Crippen molar-refractivity contribution in [3.05, 3.63) is 71.2 Å². The third-order valence-corrected chi connectivity index (χ3v) is 6.07. The summed E-state index contributed by atoms with van der Waals surface area (Å²) in [5.74, 6) is 0.824. The molecule has 4 rings (SSSR count). The number of para-hydroxylation sites is 1. The molecule has 0 aliphatic carbocycles. The Hall–Kier alpha value is -2.70. The molecule has 1 aliphatic rings. The summed E-state index contributed by atoms with van der Waals surface area (Å²) in [6.07, 6.45) is 0. The predicted octanol–water partition coefficient (Wildman–Crippen LogP) is 3.84. The summed E-state index contributed by atoms with van der Waals surface area (Å²) in [6.45, 7) is 6.07. The SMILES string of the molecule is Cc1ccccc1OCC(=O)N1CCN(Cc2csc(-c3ccccc3)n2)CC1. The van der Waals surface area contributed by atoms with E-state index in [0.717, 1.165) is 60.3 Å². The van der Waals surface area contributed by atoms with Gasteiger partial charge in [0.05, 0.1) is 5.69 Å². The van der Waals surface area contributed by atoms with Crippen molar-refractivity contribution in [2.24, 2.45) is 0 Å². The van der Waals surface area contributed by atoms with E-state index in [0.29, 0.717) is 0 Å². The zero-order chi connectivity index (χ0) is 20.1.